The van der Waals surface area contributed by atoms with Crippen molar-refractivity contribution in [2.45, 2.75) is 11.8 Å². The minimum atomic E-state index is -4.11. The van der Waals surface area contributed by atoms with Gasteiger partial charge >= 0.3 is 10.1 Å². The molecule has 0 spiro atoms. The third-order valence-corrected chi connectivity index (χ3v) is 4.88. The Balaban J connectivity index is 1.78. The van der Waals surface area contributed by atoms with Crippen LogP contribution in [0.1, 0.15) is 16.2 Å². The minimum Gasteiger partial charge on any atom is -0.379 e. The van der Waals surface area contributed by atoms with Crippen LogP contribution in [0, 0.1) is 6.92 Å². The zero-order valence-electron chi connectivity index (χ0n) is 15.0. The molecule has 0 aliphatic heterocycles. The van der Waals surface area contributed by atoms with Crippen LogP contribution in [-0.2, 0) is 10.1 Å². The van der Waals surface area contributed by atoms with Gasteiger partial charge in [0, 0.05) is 24.6 Å². The number of aromatic nitrogens is 2. The molecule has 0 aliphatic rings. The van der Waals surface area contributed by atoms with Crippen LogP contribution in [0.4, 0.5) is 0 Å². The summed E-state index contributed by atoms with van der Waals surface area (Å²) in [7, 11) is -4.11. The Bertz CT molecular complexity index is 1100. The smallest absolute Gasteiger partial charge is 0.339 e. The molecule has 0 atom stereocenters. The Kier molecular flexibility index (Phi) is 5.55. The van der Waals surface area contributed by atoms with E-state index in [9.17, 15) is 13.2 Å². The van der Waals surface area contributed by atoms with E-state index in [2.05, 4.69) is 22.0 Å². The number of carbonyl (C=O) groups is 1. The van der Waals surface area contributed by atoms with Gasteiger partial charge in [-0.05, 0) is 42.5 Å². The maximum absolute atomic E-state index is 12.5. The molecule has 0 aliphatic carbocycles. The van der Waals surface area contributed by atoms with Gasteiger partial charge in [0.05, 0.1) is 0 Å². The predicted molar refractivity (Wildman–Crippen MR) is 101 cm³/mol. The molecule has 1 aromatic heterocycles. The zero-order chi connectivity index (χ0) is 20.1. The lowest BCUT2D eigenvalue weighted by Gasteiger charge is -2.09. The van der Waals surface area contributed by atoms with Crippen molar-refractivity contribution < 1.29 is 21.9 Å². The molecule has 144 valence electrons. The lowest BCUT2D eigenvalue weighted by atomic mass is 10.2. The maximum atomic E-state index is 12.5. The number of nitrogens with one attached hydrogen (secondary N) is 1. The molecule has 1 heterocycles. The van der Waals surface area contributed by atoms with E-state index in [4.69, 9.17) is 8.71 Å². The standard InChI is InChI=1S/C19H17N3O5S/c1-3-11-20-19(23)15-5-4-6-17(12-15)28(24,25)27-16-9-7-14(8-10-16)18-21-13(2)26-22-18/h3-10,12H,1,11H2,2H3,(H,20,23). The Hall–Kier alpha value is -3.46. The fourth-order valence-electron chi connectivity index (χ4n) is 2.31. The average Bonchev–Trinajstić information content (AvgIpc) is 3.13. The third-order valence-electron chi connectivity index (χ3n) is 3.64. The number of benzene rings is 2. The molecule has 8 nitrogen and oxygen atoms in total. The first kappa shape index (κ1) is 19.3. The summed E-state index contributed by atoms with van der Waals surface area (Å²) in [6.45, 7) is 5.46. The highest BCUT2D eigenvalue weighted by Crippen LogP contribution is 2.23. The fourth-order valence-corrected chi connectivity index (χ4v) is 3.29. The van der Waals surface area contributed by atoms with E-state index in [0.717, 1.165) is 0 Å². The molecule has 3 aromatic rings. The minimum absolute atomic E-state index is 0.116. The lowest BCUT2D eigenvalue weighted by Crippen LogP contribution is -2.23. The van der Waals surface area contributed by atoms with Crippen molar-refractivity contribution in [1.82, 2.24) is 15.5 Å². The Morgan fingerprint density at radius 1 is 1.25 bits per heavy atom. The third kappa shape index (κ3) is 4.44. The van der Waals surface area contributed by atoms with Crippen molar-refractivity contribution in [2.75, 3.05) is 6.54 Å². The van der Waals surface area contributed by atoms with Gasteiger partial charge in [0.25, 0.3) is 5.91 Å². The molecule has 0 saturated heterocycles. The summed E-state index contributed by atoms with van der Waals surface area (Å²) in [4.78, 5) is 16.0. The van der Waals surface area contributed by atoms with Crippen LogP contribution in [0.5, 0.6) is 5.75 Å². The molecular weight excluding hydrogens is 382 g/mol. The van der Waals surface area contributed by atoms with Crippen molar-refractivity contribution in [1.29, 1.82) is 0 Å². The summed E-state index contributed by atoms with van der Waals surface area (Å²) in [5, 5.41) is 6.38. The van der Waals surface area contributed by atoms with Gasteiger partial charge in [-0.3, -0.25) is 4.79 Å². The molecule has 0 bridgehead atoms. The van der Waals surface area contributed by atoms with E-state index >= 15 is 0 Å². The number of hydrogen-bond donors (Lipinski definition) is 1. The molecule has 0 radical (unpaired) electrons. The predicted octanol–water partition coefficient (Wildman–Crippen LogP) is 2.73. The number of amides is 1. The molecule has 2 aromatic carbocycles. The highest BCUT2D eigenvalue weighted by Gasteiger charge is 2.19. The Morgan fingerprint density at radius 2 is 2.00 bits per heavy atom. The van der Waals surface area contributed by atoms with Crippen molar-refractivity contribution in [3.63, 3.8) is 0 Å². The van der Waals surface area contributed by atoms with Crippen LogP contribution in [0.25, 0.3) is 11.4 Å². The number of aryl methyl sites for hydroxylation is 1. The van der Waals surface area contributed by atoms with Crippen LogP contribution < -0.4 is 9.50 Å². The van der Waals surface area contributed by atoms with E-state index in [-0.39, 0.29) is 22.8 Å². The Labute approximate surface area is 162 Å². The van der Waals surface area contributed by atoms with E-state index in [1.165, 1.54) is 42.5 Å². The van der Waals surface area contributed by atoms with Crippen LogP contribution in [0.2, 0.25) is 0 Å². The van der Waals surface area contributed by atoms with Crippen LogP contribution in [-0.4, -0.2) is 31.0 Å². The zero-order valence-corrected chi connectivity index (χ0v) is 15.8. The summed E-state index contributed by atoms with van der Waals surface area (Å²) in [5.74, 6) is 0.530. The largest absolute Gasteiger partial charge is 0.379 e. The summed E-state index contributed by atoms with van der Waals surface area (Å²) < 4.78 is 35.2. The van der Waals surface area contributed by atoms with Crippen molar-refractivity contribution >= 4 is 16.0 Å². The molecule has 0 fully saturated rings. The molecule has 0 saturated carbocycles. The highest BCUT2D eigenvalue weighted by atomic mass is 32.2. The summed E-state index contributed by atoms with van der Waals surface area (Å²) in [6.07, 6.45) is 1.53. The molecule has 28 heavy (non-hydrogen) atoms. The van der Waals surface area contributed by atoms with Crippen LogP contribution in [0.3, 0.4) is 0 Å². The second-order valence-electron chi connectivity index (χ2n) is 5.73. The maximum Gasteiger partial charge on any atom is 0.339 e. The summed E-state index contributed by atoms with van der Waals surface area (Å²) in [6, 6.07) is 11.8. The van der Waals surface area contributed by atoms with Crippen LogP contribution in [0.15, 0.2) is 70.6 Å². The van der Waals surface area contributed by atoms with Crippen LogP contribution >= 0.6 is 0 Å². The van der Waals surface area contributed by atoms with Gasteiger partial charge in [0.15, 0.2) is 0 Å². The fraction of sp³-hybridized carbons (Fsp3) is 0.105. The highest BCUT2D eigenvalue weighted by molar-refractivity contribution is 7.87. The van der Waals surface area contributed by atoms with Gasteiger partial charge < -0.3 is 14.0 Å². The van der Waals surface area contributed by atoms with E-state index in [0.29, 0.717) is 17.3 Å². The van der Waals surface area contributed by atoms with Crippen molar-refractivity contribution in [3.8, 4) is 17.1 Å². The van der Waals surface area contributed by atoms with E-state index in [1.807, 2.05) is 0 Å². The first-order valence-electron chi connectivity index (χ1n) is 8.23. The van der Waals surface area contributed by atoms with Crippen molar-refractivity contribution in [3.05, 3.63) is 72.6 Å². The number of nitrogens with zero attached hydrogens (tertiary/aromatic N) is 2. The monoisotopic (exact) mass is 399 g/mol. The number of rotatable bonds is 7. The van der Waals surface area contributed by atoms with Gasteiger partial charge in [-0.2, -0.15) is 13.4 Å². The molecule has 1 N–H and O–H groups in total. The van der Waals surface area contributed by atoms with E-state index in [1.54, 1.807) is 19.1 Å². The SMILES string of the molecule is C=CCNC(=O)c1cccc(S(=O)(=O)Oc2ccc(-c3noc(C)n3)cc2)c1. The van der Waals surface area contributed by atoms with Gasteiger partial charge in [0.2, 0.25) is 11.7 Å². The van der Waals surface area contributed by atoms with E-state index < -0.39 is 16.0 Å². The van der Waals surface area contributed by atoms with Gasteiger partial charge in [-0.1, -0.05) is 17.3 Å². The number of hydrogen-bond acceptors (Lipinski definition) is 7. The Morgan fingerprint density at radius 3 is 2.64 bits per heavy atom. The quantitative estimate of drug-likeness (QED) is 0.480. The first-order chi connectivity index (χ1) is 13.4. The average molecular weight is 399 g/mol. The molecular formula is C19H17N3O5S. The second-order valence-corrected chi connectivity index (χ2v) is 7.27. The topological polar surface area (TPSA) is 111 Å². The normalized spacial score (nSPS) is 11.0. The summed E-state index contributed by atoms with van der Waals surface area (Å²) in [5.41, 5.74) is 0.858. The van der Waals surface area contributed by atoms with Gasteiger partial charge in [0.1, 0.15) is 10.6 Å². The molecule has 9 heteroatoms. The van der Waals surface area contributed by atoms with Gasteiger partial charge in [-0.25, -0.2) is 0 Å². The first-order valence-corrected chi connectivity index (χ1v) is 9.64. The number of carbonyl (C=O) groups excluding carboxylic acids is 1. The van der Waals surface area contributed by atoms with Crippen molar-refractivity contribution in [2.24, 2.45) is 0 Å². The molecule has 3 rings (SSSR count). The molecule has 1 amide bonds. The van der Waals surface area contributed by atoms with Gasteiger partial charge in [-0.15, -0.1) is 6.58 Å². The summed E-state index contributed by atoms with van der Waals surface area (Å²) >= 11 is 0. The lowest BCUT2D eigenvalue weighted by molar-refractivity contribution is 0.0958. The second kappa shape index (κ2) is 8.05. The molecule has 0 unspecified atom stereocenters.